The van der Waals surface area contributed by atoms with E-state index in [1.807, 2.05) is 24.3 Å². The summed E-state index contributed by atoms with van der Waals surface area (Å²) in [6.45, 7) is 2.09. The number of rotatable bonds is 3. The molecule has 17 heavy (non-hydrogen) atoms. The first-order valence-corrected chi connectivity index (χ1v) is 5.97. The minimum atomic E-state index is -0.696. The van der Waals surface area contributed by atoms with Crippen LogP contribution in [0.1, 0.15) is 29.8 Å². The van der Waals surface area contributed by atoms with Crippen molar-refractivity contribution >= 4 is 11.6 Å². The molecule has 3 heteroatoms. The van der Waals surface area contributed by atoms with Gasteiger partial charge in [-0.3, -0.25) is 4.98 Å². The van der Waals surface area contributed by atoms with Crippen LogP contribution < -0.4 is 0 Å². The van der Waals surface area contributed by atoms with Crippen molar-refractivity contribution in [1.82, 2.24) is 4.98 Å². The van der Waals surface area contributed by atoms with Crippen LogP contribution in [0.4, 0.5) is 0 Å². The standard InChI is InChI=1S/C14H14ClNO/c1-2-10-4-3-5-11(8-10)14(17)13-7-6-12(15)9-16-13/h3-9,14,17H,2H2,1H3. The van der Waals surface area contributed by atoms with E-state index in [2.05, 4.69) is 11.9 Å². The van der Waals surface area contributed by atoms with E-state index in [-0.39, 0.29) is 0 Å². The van der Waals surface area contributed by atoms with Crippen molar-refractivity contribution < 1.29 is 5.11 Å². The maximum atomic E-state index is 10.2. The number of aromatic nitrogens is 1. The SMILES string of the molecule is CCc1cccc(C(O)c2ccc(Cl)cn2)c1. The average Bonchev–Trinajstić information content (AvgIpc) is 2.39. The fourth-order valence-electron chi connectivity index (χ4n) is 1.70. The summed E-state index contributed by atoms with van der Waals surface area (Å²) >= 11 is 5.77. The Kier molecular flexibility index (Phi) is 3.77. The maximum absolute atomic E-state index is 10.2. The van der Waals surface area contributed by atoms with Gasteiger partial charge in [0.1, 0.15) is 6.10 Å². The topological polar surface area (TPSA) is 33.1 Å². The summed E-state index contributed by atoms with van der Waals surface area (Å²) in [5, 5.41) is 10.8. The molecule has 88 valence electrons. The highest BCUT2D eigenvalue weighted by molar-refractivity contribution is 6.30. The number of aryl methyl sites for hydroxylation is 1. The van der Waals surface area contributed by atoms with Crippen molar-refractivity contribution in [2.45, 2.75) is 19.4 Å². The van der Waals surface area contributed by atoms with Gasteiger partial charge in [0.05, 0.1) is 10.7 Å². The summed E-state index contributed by atoms with van der Waals surface area (Å²) in [4.78, 5) is 4.13. The summed E-state index contributed by atoms with van der Waals surface area (Å²) in [5.74, 6) is 0. The number of nitrogens with zero attached hydrogens (tertiary/aromatic N) is 1. The second-order valence-electron chi connectivity index (χ2n) is 3.90. The molecule has 1 aromatic heterocycles. The van der Waals surface area contributed by atoms with E-state index in [4.69, 9.17) is 11.6 Å². The van der Waals surface area contributed by atoms with Gasteiger partial charge in [0, 0.05) is 6.20 Å². The lowest BCUT2D eigenvalue weighted by Crippen LogP contribution is -2.02. The van der Waals surface area contributed by atoms with Crippen LogP contribution in [0.15, 0.2) is 42.6 Å². The van der Waals surface area contributed by atoms with Gasteiger partial charge in [-0.05, 0) is 29.7 Å². The predicted octanol–water partition coefficient (Wildman–Crippen LogP) is 3.38. The molecule has 0 aliphatic carbocycles. The van der Waals surface area contributed by atoms with Gasteiger partial charge >= 0.3 is 0 Å². The van der Waals surface area contributed by atoms with Gasteiger partial charge in [-0.15, -0.1) is 0 Å². The maximum Gasteiger partial charge on any atom is 0.121 e. The minimum Gasteiger partial charge on any atom is -0.382 e. The Balaban J connectivity index is 2.29. The zero-order chi connectivity index (χ0) is 12.3. The quantitative estimate of drug-likeness (QED) is 0.902. The zero-order valence-electron chi connectivity index (χ0n) is 9.60. The molecule has 2 nitrogen and oxygen atoms in total. The molecule has 1 atom stereocenters. The zero-order valence-corrected chi connectivity index (χ0v) is 10.4. The number of hydrogen-bond donors (Lipinski definition) is 1. The van der Waals surface area contributed by atoms with Crippen molar-refractivity contribution in [2.75, 3.05) is 0 Å². The predicted molar refractivity (Wildman–Crippen MR) is 69.1 cm³/mol. The van der Waals surface area contributed by atoms with Gasteiger partial charge in [-0.2, -0.15) is 0 Å². The molecular weight excluding hydrogens is 234 g/mol. The second-order valence-corrected chi connectivity index (χ2v) is 4.34. The van der Waals surface area contributed by atoms with Crippen LogP contribution in [0.3, 0.4) is 0 Å². The van der Waals surface area contributed by atoms with Crippen molar-refractivity contribution in [3.8, 4) is 0 Å². The minimum absolute atomic E-state index is 0.572. The molecule has 1 N–H and O–H groups in total. The van der Waals surface area contributed by atoms with Crippen molar-refractivity contribution in [3.63, 3.8) is 0 Å². The smallest absolute Gasteiger partial charge is 0.121 e. The lowest BCUT2D eigenvalue weighted by Gasteiger charge is -2.11. The third kappa shape index (κ3) is 2.84. The van der Waals surface area contributed by atoms with E-state index in [1.165, 1.54) is 5.56 Å². The van der Waals surface area contributed by atoms with Crippen LogP contribution in [-0.2, 0) is 6.42 Å². The Bertz CT molecular complexity index is 496. The second kappa shape index (κ2) is 5.30. The van der Waals surface area contributed by atoms with Gasteiger partial charge in [0.15, 0.2) is 0 Å². The van der Waals surface area contributed by atoms with E-state index in [1.54, 1.807) is 18.3 Å². The molecule has 2 rings (SSSR count). The lowest BCUT2D eigenvalue weighted by atomic mass is 10.0. The molecule has 0 fully saturated rings. The highest BCUT2D eigenvalue weighted by atomic mass is 35.5. The van der Waals surface area contributed by atoms with Crippen molar-refractivity contribution in [1.29, 1.82) is 0 Å². The third-order valence-electron chi connectivity index (χ3n) is 2.71. The fraction of sp³-hybridized carbons (Fsp3) is 0.214. The Labute approximate surface area is 106 Å². The van der Waals surface area contributed by atoms with Crippen LogP contribution in [0.2, 0.25) is 5.02 Å². The van der Waals surface area contributed by atoms with Crippen LogP contribution in [0, 0.1) is 0 Å². The Morgan fingerprint density at radius 1 is 1.29 bits per heavy atom. The molecular formula is C14H14ClNO. The Hall–Kier alpha value is -1.38. The highest BCUT2D eigenvalue weighted by Gasteiger charge is 2.11. The number of aliphatic hydroxyl groups excluding tert-OH is 1. The van der Waals surface area contributed by atoms with Gasteiger partial charge in [-0.25, -0.2) is 0 Å². The number of hydrogen-bond acceptors (Lipinski definition) is 2. The van der Waals surface area contributed by atoms with Crippen molar-refractivity contribution in [3.05, 3.63) is 64.4 Å². The Morgan fingerprint density at radius 3 is 2.76 bits per heavy atom. The monoisotopic (exact) mass is 247 g/mol. The van der Waals surface area contributed by atoms with Crippen molar-refractivity contribution in [2.24, 2.45) is 0 Å². The van der Waals surface area contributed by atoms with E-state index in [9.17, 15) is 5.11 Å². The molecule has 0 saturated carbocycles. The van der Waals surface area contributed by atoms with Crippen LogP contribution in [0.25, 0.3) is 0 Å². The molecule has 0 saturated heterocycles. The number of aliphatic hydroxyl groups is 1. The van der Waals surface area contributed by atoms with E-state index < -0.39 is 6.10 Å². The third-order valence-corrected chi connectivity index (χ3v) is 2.93. The molecule has 2 aromatic rings. The van der Waals surface area contributed by atoms with Gasteiger partial charge in [-0.1, -0.05) is 42.8 Å². The molecule has 1 heterocycles. The molecule has 0 bridgehead atoms. The average molecular weight is 248 g/mol. The molecule has 0 spiro atoms. The van der Waals surface area contributed by atoms with Crippen LogP contribution in [0.5, 0.6) is 0 Å². The number of pyridine rings is 1. The number of halogens is 1. The largest absolute Gasteiger partial charge is 0.382 e. The first kappa shape index (κ1) is 12.1. The molecule has 0 aliphatic rings. The molecule has 1 aromatic carbocycles. The fourth-order valence-corrected chi connectivity index (χ4v) is 1.81. The summed E-state index contributed by atoms with van der Waals surface area (Å²) in [6, 6.07) is 11.4. The van der Waals surface area contributed by atoms with E-state index >= 15 is 0 Å². The van der Waals surface area contributed by atoms with E-state index in [0.29, 0.717) is 10.7 Å². The first-order valence-electron chi connectivity index (χ1n) is 5.59. The van der Waals surface area contributed by atoms with Gasteiger partial charge in [0.25, 0.3) is 0 Å². The molecule has 1 unspecified atom stereocenters. The summed E-state index contributed by atoms with van der Waals surface area (Å²) in [7, 11) is 0. The molecule has 0 aliphatic heterocycles. The van der Waals surface area contributed by atoms with Crippen LogP contribution in [-0.4, -0.2) is 10.1 Å². The summed E-state index contributed by atoms with van der Waals surface area (Å²) < 4.78 is 0. The molecule has 0 amide bonds. The van der Waals surface area contributed by atoms with Crippen LogP contribution >= 0.6 is 11.6 Å². The lowest BCUT2D eigenvalue weighted by molar-refractivity contribution is 0.215. The van der Waals surface area contributed by atoms with Gasteiger partial charge in [0.2, 0.25) is 0 Å². The summed E-state index contributed by atoms with van der Waals surface area (Å²) in [5.41, 5.74) is 2.68. The normalized spacial score (nSPS) is 12.4. The Morgan fingerprint density at radius 2 is 2.12 bits per heavy atom. The summed E-state index contributed by atoms with van der Waals surface area (Å²) in [6.07, 6.45) is 1.80. The molecule has 0 radical (unpaired) electrons. The first-order chi connectivity index (χ1) is 8.20. The highest BCUT2D eigenvalue weighted by Crippen LogP contribution is 2.22. The number of benzene rings is 1. The van der Waals surface area contributed by atoms with Gasteiger partial charge < -0.3 is 5.11 Å². The van der Waals surface area contributed by atoms with E-state index in [0.717, 1.165) is 12.0 Å².